The van der Waals surface area contributed by atoms with E-state index < -0.39 is 12.1 Å². The number of halogens is 3. The van der Waals surface area contributed by atoms with Crippen LogP contribution in [0.2, 0.25) is 5.15 Å². The van der Waals surface area contributed by atoms with Gasteiger partial charge in [-0.1, -0.05) is 11.6 Å². The predicted molar refractivity (Wildman–Crippen MR) is 47.3 cm³/mol. The normalized spacial score (nSPS) is 10.4. The van der Waals surface area contributed by atoms with Crippen LogP contribution in [0.4, 0.5) is 8.78 Å². The summed E-state index contributed by atoms with van der Waals surface area (Å²) in [7, 11) is 2.64. The van der Waals surface area contributed by atoms with Crippen molar-refractivity contribution in [3.05, 3.63) is 16.9 Å². The van der Waals surface area contributed by atoms with Crippen LogP contribution in [0.3, 0.4) is 0 Å². The van der Waals surface area contributed by atoms with Gasteiger partial charge in [-0.3, -0.25) is 0 Å². The van der Waals surface area contributed by atoms with Crippen LogP contribution in [-0.4, -0.2) is 19.2 Å². The first-order chi connectivity index (χ1) is 6.60. The van der Waals surface area contributed by atoms with Gasteiger partial charge in [-0.25, -0.2) is 13.8 Å². The van der Waals surface area contributed by atoms with Gasteiger partial charge in [0, 0.05) is 6.07 Å². The average Bonchev–Trinajstić information content (AvgIpc) is 2.17. The van der Waals surface area contributed by atoms with Gasteiger partial charge in [0.15, 0.2) is 16.6 Å². The van der Waals surface area contributed by atoms with Crippen molar-refractivity contribution in [2.24, 2.45) is 0 Å². The maximum atomic E-state index is 12.4. The third kappa shape index (κ3) is 2.04. The minimum atomic E-state index is -2.73. The van der Waals surface area contributed by atoms with Crippen LogP contribution in [0.5, 0.6) is 11.5 Å². The molecule has 0 saturated carbocycles. The fourth-order valence-electron chi connectivity index (χ4n) is 0.931. The Morgan fingerprint density at radius 2 is 1.86 bits per heavy atom. The number of aromatic nitrogens is 1. The molecule has 0 atom stereocenters. The van der Waals surface area contributed by atoms with Gasteiger partial charge in [-0.05, 0) is 0 Å². The molecule has 1 aromatic heterocycles. The second-order valence-corrected chi connectivity index (χ2v) is 2.73. The lowest BCUT2D eigenvalue weighted by molar-refractivity contribution is 0.141. The van der Waals surface area contributed by atoms with Gasteiger partial charge in [-0.15, -0.1) is 0 Å². The molecule has 0 N–H and O–H groups in total. The van der Waals surface area contributed by atoms with E-state index in [-0.39, 0.29) is 16.7 Å². The largest absolute Gasteiger partial charge is 0.494 e. The summed E-state index contributed by atoms with van der Waals surface area (Å²) in [5.41, 5.74) is -0.488. The molecule has 1 aromatic rings. The molecule has 0 saturated heterocycles. The minimum absolute atomic E-state index is 0.0405. The first kappa shape index (κ1) is 11.0. The van der Waals surface area contributed by atoms with Crippen LogP contribution < -0.4 is 9.47 Å². The van der Waals surface area contributed by atoms with E-state index in [2.05, 4.69) is 4.98 Å². The number of nitrogens with zero attached hydrogens (tertiary/aromatic N) is 1. The lowest BCUT2D eigenvalue weighted by atomic mass is 10.3. The van der Waals surface area contributed by atoms with Crippen LogP contribution in [-0.2, 0) is 0 Å². The molecule has 14 heavy (non-hydrogen) atoms. The molecule has 0 radical (unpaired) electrons. The Morgan fingerprint density at radius 1 is 1.29 bits per heavy atom. The molecule has 6 heteroatoms. The van der Waals surface area contributed by atoms with E-state index in [1.165, 1.54) is 20.3 Å². The predicted octanol–water partition coefficient (Wildman–Crippen LogP) is 2.69. The van der Waals surface area contributed by atoms with Crippen molar-refractivity contribution in [3.8, 4) is 11.5 Å². The Balaban J connectivity index is 3.24. The van der Waals surface area contributed by atoms with Crippen LogP contribution >= 0.6 is 11.6 Å². The standard InChI is InChI=1S/C8H8ClF2NO2/c1-13-4-3-5(14-2)7(9)12-6(4)8(10)11/h3,8H,1-2H3. The Hall–Kier alpha value is -1.10. The third-order valence-electron chi connectivity index (χ3n) is 1.58. The molecular formula is C8H8ClF2NO2. The van der Waals surface area contributed by atoms with Crippen LogP contribution in [0.1, 0.15) is 12.1 Å². The summed E-state index contributed by atoms with van der Waals surface area (Å²) in [4.78, 5) is 3.48. The summed E-state index contributed by atoms with van der Waals surface area (Å²) in [6.07, 6.45) is -2.73. The Kier molecular flexibility index (Phi) is 3.46. The van der Waals surface area contributed by atoms with E-state index in [4.69, 9.17) is 21.1 Å². The first-order valence-corrected chi connectivity index (χ1v) is 4.04. The fourth-order valence-corrected chi connectivity index (χ4v) is 1.15. The van der Waals surface area contributed by atoms with Gasteiger partial charge in [-0.2, -0.15) is 0 Å². The molecule has 0 aromatic carbocycles. The molecule has 1 heterocycles. The zero-order valence-corrected chi connectivity index (χ0v) is 8.31. The molecule has 0 amide bonds. The van der Waals surface area contributed by atoms with Gasteiger partial charge in [0.05, 0.1) is 14.2 Å². The zero-order chi connectivity index (χ0) is 10.7. The molecule has 0 bridgehead atoms. The van der Waals surface area contributed by atoms with E-state index in [1.807, 2.05) is 0 Å². The first-order valence-electron chi connectivity index (χ1n) is 3.66. The topological polar surface area (TPSA) is 31.4 Å². The molecule has 0 aliphatic rings. The fraction of sp³-hybridized carbons (Fsp3) is 0.375. The van der Waals surface area contributed by atoms with Crippen molar-refractivity contribution in [3.63, 3.8) is 0 Å². The van der Waals surface area contributed by atoms with Crippen molar-refractivity contribution in [2.45, 2.75) is 6.43 Å². The summed E-state index contributed by atoms with van der Waals surface area (Å²) < 4.78 is 34.3. The smallest absolute Gasteiger partial charge is 0.284 e. The van der Waals surface area contributed by atoms with Crippen LogP contribution in [0.15, 0.2) is 6.07 Å². The van der Waals surface area contributed by atoms with Crippen LogP contribution in [0.25, 0.3) is 0 Å². The highest BCUT2D eigenvalue weighted by Crippen LogP contribution is 2.34. The van der Waals surface area contributed by atoms with Crippen molar-refractivity contribution in [2.75, 3.05) is 14.2 Å². The minimum Gasteiger partial charge on any atom is -0.494 e. The lowest BCUT2D eigenvalue weighted by Gasteiger charge is -2.09. The maximum Gasteiger partial charge on any atom is 0.284 e. The summed E-state index contributed by atoms with van der Waals surface area (Å²) in [6, 6.07) is 1.27. The average molecular weight is 224 g/mol. The van der Waals surface area contributed by atoms with Gasteiger partial charge in [0.25, 0.3) is 6.43 Å². The summed E-state index contributed by atoms with van der Waals surface area (Å²) in [6.45, 7) is 0. The van der Waals surface area contributed by atoms with Gasteiger partial charge >= 0.3 is 0 Å². The number of hydrogen-bond acceptors (Lipinski definition) is 3. The molecule has 0 spiro atoms. The highest BCUT2D eigenvalue weighted by molar-refractivity contribution is 6.30. The second-order valence-electron chi connectivity index (χ2n) is 2.37. The molecule has 78 valence electrons. The van der Waals surface area contributed by atoms with Gasteiger partial charge in [0.2, 0.25) is 0 Å². The number of ether oxygens (including phenoxy) is 2. The SMILES string of the molecule is COc1cc(OC)c(C(F)F)nc1Cl. The highest BCUT2D eigenvalue weighted by Gasteiger charge is 2.19. The molecular weight excluding hydrogens is 216 g/mol. The number of rotatable bonds is 3. The Labute approximate surface area is 84.6 Å². The van der Waals surface area contributed by atoms with E-state index >= 15 is 0 Å². The molecule has 0 aliphatic heterocycles. The van der Waals surface area contributed by atoms with E-state index in [0.717, 1.165) is 0 Å². The van der Waals surface area contributed by atoms with Gasteiger partial charge < -0.3 is 9.47 Å². The molecule has 0 unspecified atom stereocenters. The quantitative estimate of drug-likeness (QED) is 0.739. The monoisotopic (exact) mass is 223 g/mol. The third-order valence-corrected chi connectivity index (χ3v) is 1.85. The number of methoxy groups -OCH3 is 2. The van der Waals surface area contributed by atoms with Gasteiger partial charge in [0.1, 0.15) is 5.75 Å². The summed E-state index contributed by atoms with van der Waals surface area (Å²) >= 11 is 5.58. The second kappa shape index (κ2) is 4.41. The van der Waals surface area contributed by atoms with E-state index in [9.17, 15) is 8.78 Å². The molecule has 1 rings (SSSR count). The van der Waals surface area contributed by atoms with Crippen molar-refractivity contribution < 1.29 is 18.3 Å². The van der Waals surface area contributed by atoms with Crippen molar-refractivity contribution in [1.82, 2.24) is 4.98 Å². The Morgan fingerprint density at radius 3 is 2.29 bits per heavy atom. The Bertz CT molecular complexity index is 333. The highest BCUT2D eigenvalue weighted by atomic mass is 35.5. The van der Waals surface area contributed by atoms with E-state index in [1.54, 1.807) is 0 Å². The molecule has 0 fully saturated rings. The van der Waals surface area contributed by atoms with Crippen molar-refractivity contribution in [1.29, 1.82) is 0 Å². The lowest BCUT2D eigenvalue weighted by Crippen LogP contribution is -1.98. The van der Waals surface area contributed by atoms with Crippen LogP contribution in [0, 0.1) is 0 Å². The number of pyridine rings is 1. The molecule has 0 aliphatic carbocycles. The zero-order valence-electron chi connectivity index (χ0n) is 7.55. The molecule has 3 nitrogen and oxygen atoms in total. The summed E-state index contributed by atoms with van der Waals surface area (Å²) in [5.74, 6) is 0.161. The van der Waals surface area contributed by atoms with Crippen molar-refractivity contribution >= 4 is 11.6 Å². The van der Waals surface area contributed by atoms with E-state index in [0.29, 0.717) is 0 Å². The number of alkyl halides is 2. The summed E-state index contributed by atoms with van der Waals surface area (Å²) in [5, 5.41) is -0.108. The number of hydrogen-bond donors (Lipinski definition) is 0. The maximum absolute atomic E-state index is 12.4.